The largest absolute Gasteiger partial charge is 0.317 e. The summed E-state index contributed by atoms with van der Waals surface area (Å²) >= 11 is 0. The van der Waals surface area contributed by atoms with Gasteiger partial charge in [-0.25, -0.2) is 5.43 Å². The number of carbonyl (C=O) groups is 2. The van der Waals surface area contributed by atoms with Crippen LogP contribution in [0, 0.1) is 0 Å². The fraction of sp³-hybridized carbons (Fsp3) is 0.138. The maximum Gasteiger partial charge on any atom is 0.287 e. The van der Waals surface area contributed by atoms with E-state index in [1.54, 1.807) is 42.6 Å². The summed E-state index contributed by atoms with van der Waals surface area (Å²) in [5.74, 6) is -0.901. The minimum Gasteiger partial charge on any atom is -0.317 e. The Labute approximate surface area is 200 Å². The molecule has 5 heteroatoms. The number of hydrazone groups is 1. The highest BCUT2D eigenvalue weighted by Gasteiger charge is 2.14. The Morgan fingerprint density at radius 3 is 2.03 bits per heavy atom. The molecule has 0 aromatic heterocycles. The van der Waals surface area contributed by atoms with E-state index in [1.807, 2.05) is 66.7 Å². The van der Waals surface area contributed by atoms with E-state index in [2.05, 4.69) is 36.6 Å². The number of rotatable bonds is 7. The average Bonchev–Trinajstić information content (AvgIpc) is 2.84. The smallest absolute Gasteiger partial charge is 0.287 e. The molecule has 3 aromatic rings. The predicted octanol–water partition coefficient (Wildman–Crippen LogP) is 5.46. The molecule has 0 fully saturated rings. The van der Waals surface area contributed by atoms with Crippen LogP contribution < -0.4 is 10.7 Å². The fourth-order valence-corrected chi connectivity index (χ4v) is 3.07. The van der Waals surface area contributed by atoms with Crippen LogP contribution in [-0.4, -0.2) is 18.0 Å². The minimum absolute atomic E-state index is 0.0633. The van der Waals surface area contributed by atoms with Crippen molar-refractivity contribution in [1.82, 2.24) is 10.7 Å². The summed E-state index contributed by atoms with van der Waals surface area (Å²) in [6, 6.07) is 26.4. The molecule has 3 rings (SSSR count). The number of carbonyl (C=O) groups excluding carboxylic acids is 2. The van der Waals surface area contributed by atoms with Crippen molar-refractivity contribution in [3.63, 3.8) is 0 Å². The molecule has 0 aliphatic rings. The minimum atomic E-state index is -0.524. The third-order valence-corrected chi connectivity index (χ3v) is 5.04. The highest BCUT2D eigenvalue weighted by Crippen LogP contribution is 2.21. The second-order valence-corrected chi connectivity index (χ2v) is 8.74. The Morgan fingerprint density at radius 1 is 0.794 bits per heavy atom. The molecule has 2 amide bonds. The van der Waals surface area contributed by atoms with E-state index in [4.69, 9.17) is 0 Å². The quantitative estimate of drug-likeness (QED) is 0.217. The second kappa shape index (κ2) is 11.6. The molecule has 0 bridgehead atoms. The van der Waals surface area contributed by atoms with Crippen molar-refractivity contribution >= 4 is 24.1 Å². The van der Waals surface area contributed by atoms with Crippen molar-refractivity contribution in [3.05, 3.63) is 125 Å². The molecule has 0 spiro atoms. The molecule has 3 aromatic carbocycles. The molecular weight excluding hydrogens is 422 g/mol. The van der Waals surface area contributed by atoms with Crippen LogP contribution in [0.25, 0.3) is 6.08 Å². The van der Waals surface area contributed by atoms with Gasteiger partial charge in [0.1, 0.15) is 5.70 Å². The lowest BCUT2D eigenvalue weighted by molar-refractivity contribution is -0.117. The summed E-state index contributed by atoms with van der Waals surface area (Å²) in [5.41, 5.74) is 6.15. The number of hydrogen-bond acceptors (Lipinski definition) is 3. The standard InChI is InChI=1S/C29H29N3O2/c1-29(2,3)25-19-17-23(18-20-25)21-30-32-28(34)26(16-10-13-22-11-6-4-7-12-22)31-27(33)24-14-8-5-9-15-24/h4-21H,1-3H3,(H,31,33)(H,32,34)/b13-10+,26-16-,30-21-. The first-order chi connectivity index (χ1) is 16.3. The fourth-order valence-electron chi connectivity index (χ4n) is 3.07. The summed E-state index contributed by atoms with van der Waals surface area (Å²) < 4.78 is 0. The Hall–Kier alpha value is -4.25. The highest BCUT2D eigenvalue weighted by molar-refractivity contribution is 6.03. The molecule has 5 nitrogen and oxygen atoms in total. The van der Waals surface area contributed by atoms with E-state index in [9.17, 15) is 9.59 Å². The number of hydrogen-bond donors (Lipinski definition) is 2. The van der Waals surface area contributed by atoms with Gasteiger partial charge >= 0.3 is 0 Å². The number of amides is 2. The van der Waals surface area contributed by atoms with Gasteiger partial charge in [0.25, 0.3) is 11.8 Å². The van der Waals surface area contributed by atoms with E-state index >= 15 is 0 Å². The third-order valence-electron chi connectivity index (χ3n) is 5.04. The van der Waals surface area contributed by atoms with Gasteiger partial charge in [0, 0.05) is 5.56 Å². The molecule has 2 N–H and O–H groups in total. The first-order valence-corrected chi connectivity index (χ1v) is 11.1. The van der Waals surface area contributed by atoms with Gasteiger partial charge in [-0.15, -0.1) is 0 Å². The Balaban J connectivity index is 1.72. The maximum absolute atomic E-state index is 12.8. The van der Waals surface area contributed by atoms with E-state index < -0.39 is 5.91 Å². The number of nitrogens with one attached hydrogen (secondary N) is 2. The van der Waals surface area contributed by atoms with Crippen molar-refractivity contribution in [1.29, 1.82) is 0 Å². The van der Waals surface area contributed by atoms with Gasteiger partial charge in [-0.2, -0.15) is 5.10 Å². The van der Waals surface area contributed by atoms with Gasteiger partial charge in [-0.3, -0.25) is 9.59 Å². The molecule has 0 saturated heterocycles. The van der Waals surface area contributed by atoms with Gasteiger partial charge in [0.15, 0.2) is 0 Å². The summed E-state index contributed by atoms with van der Waals surface area (Å²) in [7, 11) is 0. The van der Waals surface area contributed by atoms with Crippen LogP contribution >= 0.6 is 0 Å². The molecule has 0 aliphatic heterocycles. The van der Waals surface area contributed by atoms with Crippen LogP contribution in [-0.2, 0) is 10.2 Å². The SMILES string of the molecule is CC(C)(C)c1ccc(/C=N\NC(=O)/C(=C/C=C/c2ccccc2)NC(=O)c2ccccc2)cc1. The van der Waals surface area contributed by atoms with E-state index in [0.29, 0.717) is 5.56 Å². The summed E-state index contributed by atoms with van der Waals surface area (Å²) in [6.45, 7) is 6.46. The lowest BCUT2D eigenvalue weighted by Gasteiger charge is -2.18. The van der Waals surface area contributed by atoms with Crippen LogP contribution in [0.5, 0.6) is 0 Å². The molecule has 0 atom stereocenters. The van der Waals surface area contributed by atoms with Gasteiger partial charge < -0.3 is 5.32 Å². The van der Waals surface area contributed by atoms with Gasteiger partial charge in [0.2, 0.25) is 0 Å². The van der Waals surface area contributed by atoms with Crippen molar-refractivity contribution < 1.29 is 9.59 Å². The van der Waals surface area contributed by atoms with Crippen LogP contribution in [0.4, 0.5) is 0 Å². The lowest BCUT2D eigenvalue weighted by Crippen LogP contribution is -2.32. The molecule has 34 heavy (non-hydrogen) atoms. The van der Waals surface area contributed by atoms with Crippen molar-refractivity contribution in [2.45, 2.75) is 26.2 Å². The maximum atomic E-state index is 12.8. The molecule has 0 unspecified atom stereocenters. The third kappa shape index (κ3) is 7.41. The number of allylic oxidation sites excluding steroid dienone is 2. The van der Waals surface area contributed by atoms with Gasteiger partial charge in [0.05, 0.1) is 6.21 Å². The Morgan fingerprint density at radius 2 is 1.41 bits per heavy atom. The average molecular weight is 452 g/mol. The molecular formula is C29H29N3O2. The summed E-state index contributed by atoms with van der Waals surface area (Å²) in [5, 5.41) is 6.74. The molecule has 0 aliphatic carbocycles. The van der Waals surface area contributed by atoms with Crippen molar-refractivity contribution in [3.8, 4) is 0 Å². The van der Waals surface area contributed by atoms with E-state index in [0.717, 1.165) is 11.1 Å². The summed E-state index contributed by atoms with van der Waals surface area (Å²) in [6.07, 6.45) is 6.68. The monoisotopic (exact) mass is 451 g/mol. The van der Waals surface area contributed by atoms with E-state index in [-0.39, 0.29) is 17.0 Å². The normalized spacial score (nSPS) is 12.1. The molecule has 0 saturated carbocycles. The zero-order chi connectivity index (χ0) is 24.4. The molecule has 0 radical (unpaired) electrons. The predicted molar refractivity (Wildman–Crippen MR) is 138 cm³/mol. The number of nitrogens with zero attached hydrogens (tertiary/aromatic N) is 1. The number of benzene rings is 3. The first kappa shape index (κ1) is 24.4. The van der Waals surface area contributed by atoms with Crippen LogP contribution in [0.15, 0.2) is 108 Å². The second-order valence-electron chi connectivity index (χ2n) is 8.74. The van der Waals surface area contributed by atoms with E-state index in [1.165, 1.54) is 5.56 Å². The van der Waals surface area contributed by atoms with Crippen molar-refractivity contribution in [2.24, 2.45) is 5.10 Å². The topological polar surface area (TPSA) is 70.6 Å². The van der Waals surface area contributed by atoms with Crippen LogP contribution in [0.3, 0.4) is 0 Å². The highest BCUT2D eigenvalue weighted by atomic mass is 16.2. The van der Waals surface area contributed by atoms with Gasteiger partial charge in [-0.05, 0) is 40.3 Å². The molecule has 0 heterocycles. The lowest BCUT2D eigenvalue weighted by atomic mass is 9.87. The van der Waals surface area contributed by atoms with Crippen molar-refractivity contribution in [2.75, 3.05) is 0 Å². The molecule has 172 valence electrons. The zero-order valence-corrected chi connectivity index (χ0v) is 19.7. The first-order valence-electron chi connectivity index (χ1n) is 11.1. The Kier molecular flexibility index (Phi) is 8.30. The van der Waals surface area contributed by atoms with Crippen LogP contribution in [0.2, 0.25) is 0 Å². The van der Waals surface area contributed by atoms with Gasteiger partial charge in [-0.1, -0.05) is 106 Å². The Bertz CT molecular complexity index is 1190. The summed E-state index contributed by atoms with van der Waals surface area (Å²) in [4.78, 5) is 25.4. The zero-order valence-electron chi connectivity index (χ0n) is 19.7. The van der Waals surface area contributed by atoms with Crippen LogP contribution in [0.1, 0.15) is 47.8 Å².